The van der Waals surface area contributed by atoms with Crippen LogP contribution >= 0.6 is 0 Å². The van der Waals surface area contributed by atoms with Gasteiger partial charge in [0.1, 0.15) is 0 Å². The second-order valence-electron chi connectivity index (χ2n) is 3.73. The highest BCUT2D eigenvalue weighted by Gasteiger charge is 1.83. The summed E-state index contributed by atoms with van der Waals surface area (Å²) in [5, 5.41) is 0. The maximum Gasteiger partial charge on any atom is 0.0845 e. The molecule has 0 bridgehead atoms. The summed E-state index contributed by atoms with van der Waals surface area (Å²) >= 11 is 0. The van der Waals surface area contributed by atoms with Crippen LogP contribution in [0.15, 0.2) is 24.5 Å². The van der Waals surface area contributed by atoms with Gasteiger partial charge in [-0.25, -0.2) is 0 Å². The van der Waals surface area contributed by atoms with Crippen LogP contribution in [0.2, 0.25) is 0 Å². The molecule has 0 rings (SSSR count). The zero-order valence-electron chi connectivity index (χ0n) is 10.4. The summed E-state index contributed by atoms with van der Waals surface area (Å²) in [4.78, 5) is 0. The summed E-state index contributed by atoms with van der Waals surface area (Å²) in [5.74, 6) is 0. The molecule has 0 atom stereocenters. The average molecular weight is 210 g/mol. The van der Waals surface area contributed by atoms with Crippen LogP contribution in [0.1, 0.15) is 58.8 Å². The Morgan fingerprint density at radius 3 is 2.13 bits per heavy atom. The Kier molecular flexibility index (Phi) is 12.6. The monoisotopic (exact) mass is 210 g/mol. The van der Waals surface area contributed by atoms with Crippen molar-refractivity contribution in [1.29, 1.82) is 0 Å². The van der Waals surface area contributed by atoms with E-state index in [2.05, 4.69) is 25.2 Å². The smallest absolute Gasteiger partial charge is 0.0845 e. The zero-order valence-corrected chi connectivity index (χ0v) is 10.4. The minimum Gasteiger partial charge on any atom is -0.502 e. The van der Waals surface area contributed by atoms with E-state index in [4.69, 9.17) is 4.74 Å². The first-order valence-electron chi connectivity index (χ1n) is 6.33. The molecule has 0 aliphatic carbocycles. The van der Waals surface area contributed by atoms with E-state index in [1.807, 2.05) is 13.2 Å². The van der Waals surface area contributed by atoms with Gasteiger partial charge >= 0.3 is 0 Å². The first-order chi connectivity index (χ1) is 7.41. The Labute approximate surface area is 95.2 Å². The van der Waals surface area contributed by atoms with Gasteiger partial charge < -0.3 is 4.74 Å². The summed E-state index contributed by atoms with van der Waals surface area (Å²) in [6.07, 6.45) is 17.4. The van der Waals surface area contributed by atoms with Gasteiger partial charge in [-0.1, -0.05) is 31.9 Å². The molecule has 88 valence electrons. The van der Waals surface area contributed by atoms with Crippen molar-refractivity contribution >= 4 is 0 Å². The summed E-state index contributed by atoms with van der Waals surface area (Å²) in [6.45, 7) is 5.02. The van der Waals surface area contributed by atoms with Gasteiger partial charge in [0.2, 0.25) is 0 Å². The minimum absolute atomic E-state index is 0.772. The maximum atomic E-state index is 5.11. The lowest BCUT2D eigenvalue weighted by atomic mass is 10.1. The van der Waals surface area contributed by atoms with Gasteiger partial charge in [-0.3, -0.25) is 0 Å². The molecule has 1 nitrogen and oxygen atoms in total. The molecule has 0 unspecified atom stereocenters. The van der Waals surface area contributed by atoms with Gasteiger partial charge in [-0.05, 0) is 45.1 Å². The van der Waals surface area contributed by atoms with Gasteiger partial charge in [-0.15, -0.1) is 0 Å². The molecule has 0 radical (unpaired) electrons. The highest BCUT2D eigenvalue weighted by Crippen LogP contribution is 2.02. The predicted molar refractivity (Wildman–Crippen MR) is 67.9 cm³/mol. The van der Waals surface area contributed by atoms with Crippen molar-refractivity contribution in [2.75, 3.05) is 6.61 Å². The highest BCUT2D eigenvalue weighted by molar-refractivity contribution is 4.83. The van der Waals surface area contributed by atoms with E-state index >= 15 is 0 Å². The number of allylic oxidation sites excluding steroid dienone is 3. The largest absolute Gasteiger partial charge is 0.502 e. The lowest BCUT2D eigenvalue weighted by Gasteiger charge is -1.94. The number of hydrogen-bond acceptors (Lipinski definition) is 1. The fourth-order valence-electron chi connectivity index (χ4n) is 1.33. The van der Waals surface area contributed by atoms with E-state index in [0.29, 0.717) is 0 Å². The second kappa shape index (κ2) is 13.3. The van der Waals surface area contributed by atoms with Crippen molar-refractivity contribution in [1.82, 2.24) is 0 Å². The van der Waals surface area contributed by atoms with Gasteiger partial charge in [0.15, 0.2) is 0 Å². The summed E-state index contributed by atoms with van der Waals surface area (Å²) in [5.41, 5.74) is 0. The van der Waals surface area contributed by atoms with Crippen molar-refractivity contribution in [3.8, 4) is 0 Å². The number of unbranched alkanes of at least 4 members (excludes halogenated alkanes) is 5. The lowest BCUT2D eigenvalue weighted by molar-refractivity contribution is 0.268. The summed E-state index contributed by atoms with van der Waals surface area (Å²) in [6, 6.07) is 0. The quantitative estimate of drug-likeness (QED) is 0.285. The van der Waals surface area contributed by atoms with E-state index < -0.39 is 0 Å². The van der Waals surface area contributed by atoms with Crippen LogP contribution in [0, 0.1) is 0 Å². The maximum absolute atomic E-state index is 5.11. The SMILES string of the molecule is CCCCC/C=C\CCC/C=C/OCC. The third-order valence-corrected chi connectivity index (χ3v) is 2.24. The van der Waals surface area contributed by atoms with Crippen LogP contribution in [0.25, 0.3) is 0 Å². The van der Waals surface area contributed by atoms with Crippen LogP contribution in [0.3, 0.4) is 0 Å². The highest BCUT2D eigenvalue weighted by atomic mass is 16.5. The van der Waals surface area contributed by atoms with E-state index in [0.717, 1.165) is 13.0 Å². The van der Waals surface area contributed by atoms with Gasteiger partial charge in [-0.2, -0.15) is 0 Å². The molecule has 15 heavy (non-hydrogen) atoms. The van der Waals surface area contributed by atoms with Crippen LogP contribution < -0.4 is 0 Å². The fraction of sp³-hybridized carbons (Fsp3) is 0.714. The predicted octanol–water partition coefficient (Wildman–Crippen LogP) is 4.84. The van der Waals surface area contributed by atoms with Gasteiger partial charge in [0.25, 0.3) is 0 Å². The van der Waals surface area contributed by atoms with Crippen molar-refractivity contribution < 1.29 is 4.74 Å². The zero-order chi connectivity index (χ0) is 11.2. The van der Waals surface area contributed by atoms with E-state index in [1.54, 1.807) is 0 Å². The third kappa shape index (κ3) is 13.3. The molecule has 1 heteroatoms. The molecular weight excluding hydrogens is 184 g/mol. The molecular formula is C14H26O. The van der Waals surface area contributed by atoms with Gasteiger partial charge in [0, 0.05) is 0 Å². The average Bonchev–Trinajstić information content (AvgIpc) is 2.26. The van der Waals surface area contributed by atoms with Crippen LogP contribution in [0.5, 0.6) is 0 Å². The van der Waals surface area contributed by atoms with E-state index in [9.17, 15) is 0 Å². The molecule has 0 N–H and O–H groups in total. The molecule has 0 aromatic heterocycles. The Morgan fingerprint density at radius 2 is 1.47 bits per heavy atom. The first-order valence-corrected chi connectivity index (χ1v) is 6.33. The van der Waals surface area contributed by atoms with E-state index in [-0.39, 0.29) is 0 Å². The topological polar surface area (TPSA) is 9.23 Å². The normalized spacial score (nSPS) is 11.6. The Hall–Kier alpha value is -0.720. The first kappa shape index (κ1) is 14.3. The molecule has 0 spiro atoms. The van der Waals surface area contributed by atoms with E-state index in [1.165, 1.54) is 38.5 Å². The summed E-state index contributed by atoms with van der Waals surface area (Å²) in [7, 11) is 0. The molecule has 0 saturated heterocycles. The van der Waals surface area contributed by atoms with Crippen LogP contribution in [-0.2, 0) is 4.74 Å². The number of ether oxygens (including phenoxy) is 1. The van der Waals surface area contributed by atoms with Crippen molar-refractivity contribution in [2.24, 2.45) is 0 Å². The molecule has 0 saturated carbocycles. The van der Waals surface area contributed by atoms with Crippen molar-refractivity contribution in [3.05, 3.63) is 24.5 Å². The molecule has 0 aliphatic rings. The van der Waals surface area contributed by atoms with Crippen molar-refractivity contribution in [2.45, 2.75) is 58.8 Å². The Morgan fingerprint density at radius 1 is 0.800 bits per heavy atom. The minimum atomic E-state index is 0.772. The van der Waals surface area contributed by atoms with Crippen LogP contribution in [-0.4, -0.2) is 6.61 Å². The Balaban J connectivity index is 3.09. The van der Waals surface area contributed by atoms with Crippen LogP contribution in [0.4, 0.5) is 0 Å². The fourth-order valence-corrected chi connectivity index (χ4v) is 1.33. The standard InChI is InChI=1S/C14H26O/c1-3-5-6-7-8-9-10-11-12-13-14-15-4-2/h8-9,13-14H,3-7,10-12H2,1-2H3/b9-8-,14-13+. The number of hydrogen-bond donors (Lipinski definition) is 0. The number of rotatable bonds is 10. The summed E-state index contributed by atoms with van der Waals surface area (Å²) < 4.78 is 5.11. The Bertz CT molecular complexity index is 159. The molecule has 0 amide bonds. The molecule has 0 aliphatic heterocycles. The van der Waals surface area contributed by atoms with Crippen molar-refractivity contribution in [3.63, 3.8) is 0 Å². The third-order valence-electron chi connectivity index (χ3n) is 2.24. The molecule has 0 heterocycles. The molecule has 0 fully saturated rings. The lowest BCUT2D eigenvalue weighted by Crippen LogP contribution is -1.77. The second-order valence-corrected chi connectivity index (χ2v) is 3.73. The molecule has 0 aromatic rings. The molecule has 0 aromatic carbocycles. The van der Waals surface area contributed by atoms with Gasteiger partial charge in [0.05, 0.1) is 12.9 Å².